The fourth-order valence-electron chi connectivity index (χ4n) is 3.55. The Balaban J connectivity index is 1.42. The summed E-state index contributed by atoms with van der Waals surface area (Å²) < 4.78 is 2.06. The summed E-state index contributed by atoms with van der Waals surface area (Å²) in [5.41, 5.74) is 3.96. The second kappa shape index (κ2) is 8.45. The Labute approximate surface area is 175 Å². The van der Waals surface area contributed by atoms with Gasteiger partial charge in [0, 0.05) is 43.3 Å². The highest BCUT2D eigenvalue weighted by atomic mass is 32.1. The highest BCUT2D eigenvalue weighted by molar-refractivity contribution is 7.80. The van der Waals surface area contributed by atoms with E-state index >= 15 is 0 Å². The number of rotatable bonds is 5. The molecule has 1 saturated heterocycles. The van der Waals surface area contributed by atoms with Crippen LogP contribution in [0.3, 0.4) is 0 Å². The molecule has 1 aliphatic heterocycles. The molecule has 6 nitrogen and oxygen atoms in total. The van der Waals surface area contributed by atoms with Crippen LogP contribution in [0, 0.1) is 6.92 Å². The van der Waals surface area contributed by atoms with Crippen LogP contribution < -0.4 is 15.5 Å². The number of aryl methyl sites for hydroxylation is 1. The van der Waals surface area contributed by atoms with Gasteiger partial charge >= 0.3 is 0 Å². The van der Waals surface area contributed by atoms with E-state index in [9.17, 15) is 4.79 Å². The number of imidazole rings is 1. The van der Waals surface area contributed by atoms with Crippen molar-refractivity contribution in [2.75, 3.05) is 16.8 Å². The first-order valence-corrected chi connectivity index (χ1v) is 10.1. The maximum atomic E-state index is 12.0. The summed E-state index contributed by atoms with van der Waals surface area (Å²) in [6.07, 6.45) is 5.28. The fourth-order valence-corrected chi connectivity index (χ4v) is 3.74. The van der Waals surface area contributed by atoms with Crippen LogP contribution in [0.1, 0.15) is 24.2 Å². The van der Waals surface area contributed by atoms with E-state index in [1.54, 1.807) is 6.20 Å². The Morgan fingerprint density at radius 1 is 1.21 bits per heavy atom. The monoisotopic (exact) mass is 405 g/mol. The summed E-state index contributed by atoms with van der Waals surface area (Å²) >= 11 is 5.48. The first kappa shape index (κ1) is 19.1. The molecule has 0 unspecified atom stereocenters. The van der Waals surface area contributed by atoms with E-state index in [2.05, 4.69) is 32.3 Å². The summed E-state index contributed by atoms with van der Waals surface area (Å²) in [5.74, 6) is 1.11. The van der Waals surface area contributed by atoms with Gasteiger partial charge in [-0.05, 0) is 55.4 Å². The minimum atomic E-state index is 0.175. The lowest BCUT2D eigenvalue weighted by Gasteiger charge is -2.18. The first-order valence-electron chi connectivity index (χ1n) is 9.65. The maximum Gasteiger partial charge on any atom is 0.227 e. The number of hydrogen-bond donors (Lipinski definition) is 2. The highest BCUT2D eigenvalue weighted by Crippen LogP contribution is 2.24. The van der Waals surface area contributed by atoms with Gasteiger partial charge in [-0.3, -0.25) is 4.79 Å². The number of nitrogens with zero attached hydrogens (tertiary/aromatic N) is 3. The Hall–Kier alpha value is -3.19. The van der Waals surface area contributed by atoms with Crippen molar-refractivity contribution in [2.45, 2.75) is 26.3 Å². The topological polar surface area (TPSA) is 62.2 Å². The molecule has 2 aromatic carbocycles. The van der Waals surface area contributed by atoms with Gasteiger partial charge < -0.3 is 20.1 Å². The van der Waals surface area contributed by atoms with Gasteiger partial charge in [0.05, 0.1) is 5.69 Å². The van der Waals surface area contributed by atoms with Crippen molar-refractivity contribution in [3.63, 3.8) is 0 Å². The van der Waals surface area contributed by atoms with Gasteiger partial charge in [0.15, 0.2) is 5.11 Å². The molecule has 0 atom stereocenters. The Bertz CT molecular complexity index is 1040. The van der Waals surface area contributed by atoms with Crippen molar-refractivity contribution in [3.05, 3.63) is 72.3 Å². The molecule has 4 rings (SSSR count). The lowest BCUT2D eigenvalue weighted by molar-refractivity contribution is -0.117. The van der Waals surface area contributed by atoms with E-state index in [1.165, 1.54) is 0 Å². The summed E-state index contributed by atoms with van der Waals surface area (Å²) in [7, 11) is 0. The van der Waals surface area contributed by atoms with Crippen LogP contribution in [-0.2, 0) is 11.3 Å². The molecule has 0 spiro atoms. The van der Waals surface area contributed by atoms with Gasteiger partial charge in [-0.15, -0.1) is 0 Å². The molecule has 7 heteroatoms. The van der Waals surface area contributed by atoms with Crippen LogP contribution in [0.4, 0.5) is 11.4 Å². The second-order valence-electron chi connectivity index (χ2n) is 6.98. The maximum absolute atomic E-state index is 12.0. The zero-order valence-electron chi connectivity index (χ0n) is 16.3. The SMILES string of the molecule is Cc1nccn1-c1ccccc1CNC(=S)Nc1cccc(N2CCCC2=O)c1. The average molecular weight is 406 g/mol. The third-order valence-corrected chi connectivity index (χ3v) is 5.25. The lowest BCUT2D eigenvalue weighted by Crippen LogP contribution is -2.28. The van der Waals surface area contributed by atoms with E-state index in [-0.39, 0.29) is 5.91 Å². The predicted molar refractivity (Wildman–Crippen MR) is 119 cm³/mol. The number of aromatic nitrogens is 2. The Kier molecular flexibility index (Phi) is 5.57. The highest BCUT2D eigenvalue weighted by Gasteiger charge is 2.21. The first-order chi connectivity index (χ1) is 14.1. The molecule has 1 aromatic heterocycles. The minimum absolute atomic E-state index is 0.175. The van der Waals surface area contributed by atoms with Gasteiger partial charge in [-0.2, -0.15) is 0 Å². The third kappa shape index (κ3) is 4.30. The fraction of sp³-hybridized carbons (Fsp3) is 0.227. The van der Waals surface area contributed by atoms with Crippen LogP contribution in [0.5, 0.6) is 0 Å². The Morgan fingerprint density at radius 2 is 2.07 bits per heavy atom. The normalized spacial score (nSPS) is 13.6. The molecule has 1 aliphatic rings. The number of carbonyl (C=O) groups excluding carboxylic acids is 1. The summed E-state index contributed by atoms with van der Waals surface area (Å²) in [4.78, 5) is 18.1. The smallest absolute Gasteiger partial charge is 0.227 e. The molecule has 1 amide bonds. The predicted octanol–water partition coefficient (Wildman–Crippen LogP) is 3.79. The molecule has 2 heterocycles. The van der Waals surface area contributed by atoms with Crippen LogP contribution in [0.25, 0.3) is 5.69 Å². The molecule has 148 valence electrons. The van der Waals surface area contributed by atoms with Crippen molar-refractivity contribution in [3.8, 4) is 5.69 Å². The second-order valence-corrected chi connectivity index (χ2v) is 7.39. The quantitative estimate of drug-likeness (QED) is 0.633. The molecule has 0 saturated carbocycles. The van der Waals surface area contributed by atoms with Gasteiger partial charge in [-0.1, -0.05) is 24.3 Å². The summed E-state index contributed by atoms with van der Waals surface area (Å²) in [6, 6.07) is 16.0. The zero-order valence-corrected chi connectivity index (χ0v) is 17.1. The van der Waals surface area contributed by atoms with E-state index < -0.39 is 0 Å². The van der Waals surface area contributed by atoms with Gasteiger partial charge in [-0.25, -0.2) is 4.98 Å². The molecule has 3 aromatic rings. The lowest BCUT2D eigenvalue weighted by atomic mass is 10.1. The molecular formula is C22H23N5OS. The number of para-hydroxylation sites is 1. The number of nitrogens with one attached hydrogen (secondary N) is 2. The van der Waals surface area contributed by atoms with Gasteiger partial charge in [0.1, 0.15) is 5.82 Å². The standard InChI is InChI=1S/C22H23N5OS/c1-16-23-11-13-26(16)20-9-3-2-6-17(20)15-24-22(29)25-18-7-4-8-19(14-18)27-12-5-10-21(27)28/h2-4,6-9,11,13-14H,5,10,12,15H2,1H3,(H2,24,25,29). The van der Waals surface area contributed by atoms with Crippen molar-refractivity contribution >= 4 is 34.6 Å². The van der Waals surface area contributed by atoms with Crippen LogP contribution >= 0.6 is 12.2 Å². The average Bonchev–Trinajstić information content (AvgIpc) is 3.35. The molecule has 29 heavy (non-hydrogen) atoms. The van der Waals surface area contributed by atoms with Crippen LogP contribution in [0.15, 0.2) is 60.9 Å². The summed E-state index contributed by atoms with van der Waals surface area (Å²) in [5, 5.41) is 7.03. The number of amides is 1. The van der Waals surface area contributed by atoms with Crippen molar-refractivity contribution in [1.29, 1.82) is 0 Å². The number of carbonyl (C=O) groups is 1. The molecule has 0 bridgehead atoms. The van der Waals surface area contributed by atoms with E-state index in [1.807, 2.05) is 54.4 Å². The molecule has 1 fully saturated rings. The molecule has 2 N–H and O–H groups in total. The van der Waals surface area contributed by atoms with E-state index in [0.717, 1.165) is 41.4 Å². The number of anilines is 2. The number of benzene rings is 2. The van der Waals surface area contributed by atoms with Crippen LogP contribution in [0.2, 0.25) is 0 Å². The van der Waals surface area contributed by atoms with E-state index in [4.69, 9.17) is 12.2 Å². The molecular weight excluding hydrogens is 382 g/mol. The number of thiocarbonyl (C=S) groups is 1. The minimum Gasteiger partial charge on any atom is -0.358 e. The van der Waals surface area contributed by atoms with Crippen molar-refractivity contribution in [1.82, 2.24) is 14.9 Å². The van der Waals surface area contributed by atoms with E-state index in [0.29, 0.717) is 18.1 Å². The van der Waals surface area contributed by atoms with Crippen LogP contribution in [-0.4, -0.2) is 27.1 Å². The van der Waals surface area contributed by atoms with Crippen molar-refractivity contribution in [2.24, 2.45) is 0 Å². The molecule has 0 radical (unpaired) electrons. The Morgan fingerprint density at radius 3 is 2.83 bits per heavy atom. The largest absolute Gasteiger partial charge is 0.358 e. The van der Waals surface area contributed by atoms with Crippen molar-refractivity contribution < 1.29 is 4.79 Å². The van der Waals surface area contributed by atoms with Gasteiger partial charge in [0.25, 0.3) is 0 Å². The number of hydrogen-bond acceptors (Lipinski definition) is 3. The zero-order chi connectivity index (χ0) is 20.2. The van der Waals surface area contributed by atoms with Gasteiger partial charge in [0.2, 0.25) is 5.91 Å². The molecule has 0 aliphatic carbocycles. The summed E-state index contributed by atoms with van der Waals surface area (Å²) in [6.45, 7) is 3.34. The third-order valence-electron chi connectivity index (χ3n) is 5.01.